The molecule has 4 N–H and O–H groups in total. The molecule has 1 aromatic heterocycles. The zero-order valence-electron chi connectivity index (χ0n) is 9.20. The molecule has 0 unspecified atom stereocenters. The van der Waals surface area contributed by atoms with Crippen LogP contribution in [0, 0.1) is 0 Å². The van der Waals surface area contributed by atoms with Crippen molar-refractivity contribution in [3.8, 4) is 0 Å². The average Bonchev–Trinajstić information content (AvgIpc) is 2.72. The second-order valence-electron chi connectivity index (χ2n) is 3.59. The number of nitrogens with two attached hydrogens (primary N) is 1. The first kappa shape index (κ1) is 12.7. The van der Waals surface area contributed by atoms with Gasteiger partial charge in [0.25, 0.3) is 5.91 Å². The SMILES string of the molecule is Nc1cc(Cl)ccc1C(=O)NCc1csc(=O)[nH]1. The van der Waals surface area contributed by atoms with Gasteiger partial charge in [0.2, 0.25) is 0 Å². The minimum Gasteiger partial charge on any atom is -0.398 e. The van der Waals surface area contributed by atoms with Gasteiger partial charge >= 0.3 is 4.87 Å². The van der Waals surface area contributed by atoms with Crippen molar-refractivity contribution in [3.63, 3.8) is 0 Å². The van der Waals surface area contributed by atoms with Crippen LogP contribution in [-0.2, 0) is 6.54 Å². The van der Waals surface area contributed by atoms with Gasteiger partial charge in [0.15, 0.2) is 0 Å². The highest BCUT2D eigenvalue weighted by atomic mass is 35.5. The van der Waals surface area contributed by atoms with E-state index >= 15 is 0 Å². The normalized spacial score (nSPS) is 10.3. The number of aromatic nitrogens is 1. The van der Waals surface area contributed by atoms with Crippen LogP contribution in [0.15, 0.2) is 28.4 Å². The number of H-pyrrole nitrogens is 1. The number of hydrogen-bond donors (Lipinski definition) is 3. The molecule has 18 heavy (non-hydrogen) atoms. The van der Waals surface area contributed by atoms with Gasteiger partial charge in [-0.25, -0.2) is 0 Å². The molecule has 1 heterocycles. The van der Waals surface area contributed by atoms with E-state index in [1.165, 1.54) is 6.07 Å². The highest BCUT2D eigenvalue weighted by Crippen LogP contribution is 2.17. The fourth-order valence-corrected chi connectivity index (χ4v) is 2.17. The number of hydrogen-bond acceptors (Lipinski definition) is 4. The van der Waals surface area contributed by atoms with E-state index in [1.54, 1.807) is 17.5 Å². The Kier molecular flexibility index (Phi) is 3.69. The van der Waals surface area contributed by atoms with Crippen molar-refractivity contribution in [2.75, 3.05) is 5.73 Å². The number of amides is 1. The summed E-state index contributed by atoms with van der Waals surface area (Å²) in [4.78, 5) is 25.2. The maximum Gasteiger partial charge on any atom is 0.304 e. The molecule has 0 fully saturated rings. The highest BCUT2D eigenvalue weighted by molar-refractivity contribution is 7.07. The third kappa shape index (κ3) is 2.91. The predicted octanol–water partition coefficient (Wildman–Crippen LogP) is 1.60. The van der Waals surface area contributed by atoms with Crippen LogP contribution >= 0.6 is 22.9 Å². The van der Waals surface area contributed by atoms with E-state index in [1.807, 2.05) is 0 Å². The Morgan fingerprint density at radius 3 is 2.89 bits per heavy atom. The summed E-state index contributed by atoms with van der Waals surface area (Å²) in [5.74, 6) is -0.309. The fourth-order valence-electron chi connectivity index (χ4n) is 1.41. The summed E-state index contributed by atoms with van der Waals surface area (Å²) < 4.78 is 0. The molecule has 0 aliphatic heterocycles. The number of benzene rings is 1. The number of aromatic amines is 1. The molecule has 0 radical (unpaired) electrons. The molecule has 94 valence electrons. The van der Waals surface area contributed by atoms with Crippen LogP contribution in [0.1, 0.15) is 16.1 Å². The Bertz CT molecular complexity index is 635. The Labute approximate surface area is 112 Å². The first-order valence-electron chi connectivity index (χ1n) is 5.06. The van der Waals surface area contributed by atoms with Gasteiger partial charge in [0.1, 0.15) is 0 Å². The van der Waals surface area contributed by atoms with Crippen LogP contribution < -0.4 is 15.9 Å². The zero-order chi connectivity index (χ0) is 13.1. The molecule has 0 bridgehead atoms. The molecular weight excluding hydrogens is 274 g/mol. The number of thiazole rings is 1. The van der Waals surface area contributed by atoms with Crippen molar-refractivity contribution in [3.05, 3.63) is 49.5 Å². The number of nitrogen functional groups attached to an aromatic ring is 1. The standard InChI is InChI=1S/C11H10ClN3O2S/c12-6-1-2-8(9(13)3-6)10(16)14-4-7-5-18-11(17)15-7/h1-3,5H,4,13H2,(H,14,16)(H,15,17). The van der Waals surface area contributed by atoms with Crippen molar-refractivity contribution in [1.29, 1.82) is 0 Å². The van der Waals surface area contributed by atoms with Crippen LogP contribution in [0.3, 0.4) is 0 Å². The lowest BCUT2D eigenvalue weighted by Crippen LogP contribution is -2.24. The molecule has 0 aliphatic carbocycles. The van der Waals surface area contributed by atoms with E-state index in [9.17, 15) is 9.59 Å². The minimum atomic E-state index is -0.309. The molecule has 0 saturated carbocycles. The quantitative estimate of drug-likeness (QED) is 0.748. The molecule has 0 atom stereocenters. The van der Waals surface area contributed by atoms with Gasteiger partial charge in [-0.3, -0.25) is 9.59 Å². The fraction of sp³-hybridized carbons (Fsp3) is 0.0909. The number of rotatable bonds is 3. The first-order chi connectivity index (χ1) is 8.56. The van der Waals surface area contributed by atoms with Crippen molar-refractivity contribution in [1.82, 2.24) is 10.3 Å². The second-order valence-corrected chi connectivity index (χ2v) is 4.87. The summed E-state index contributed by atoms with van der Waals surface area (Å²) in [5.41, 5.74) is 7.03. The third-order valence-electron chi connectivity index (χ3n) is 2.27. The first-order valence-corrected chi connectivity index (χ1v) is 6.32. The number of anilines is 1. The van der Waals surface area contributed by atoms with Gasteiger partial charge in [0, 0.05) is 21.8 Å². The van der Waals surface area contributed by atoms with Crippen LogP contribution in [-0.4, -0.2) is 10.9 Å². The second kappa shape index (κ2) is 5.24. The number of halogens is 1. The molecule has 1 aromatic carbocycles. The van der Waals surface area contributed by atoms with Gasteiger partial charge < -0.3 is 16.0 Å². The smallest absolute Gasteiger partial charge is 0.304 e. The van der Waals surface area contributed by atoms with Crippen LogP contribution in [0.25, 0.3) is 0 Å². The lowest BCUT2D eigenvalue weighted by Gasteiger charge is -2.06. The molecule has 5 nitrogen and oxygen atoms in total. The maximum absolute atomic E-state index is 11.8. The summed E-state index contributed by atoms with van der Waals surface area (Å²) in [6.07, 6.45) is 0. The minimum absolute atomic E-state index is 0.148. The lowest BCUT2D eigenvalue weighted by molar-refractivity contribution is 0.0951. The molecule has 7 heteroatoms. The van der Waals surface area contributed by atoms with Gasteiger partial charge in [-0.05, 0) is 18.2 Å². The van der Waals surface area contributed by atoms with Gasteiger partial charge in [-0.2, -0.15) is 0 Å². The maximum atomic E-state index is 11.8. The largest absolute Gasteiger partial charge is 0.398 e. The predicted molar refractivity (Wildman–Crippen MR) is 72.0 cm³/mol. The van der Waals surface area contributed by atoms with Crippen LogP contribution in [0.4, 0.5) is 5.69 Å². The van der Waals surface area contributed by atoms with Crippen LogP contribution in [0.2, 0.25) is 5.02 Å². The van der Waals surface area contributed by atoms with Crippen molar-refractivity contribution in [2.24, 2.45) is 0 Å². The Morgan fingerprint density at radius 2 is 2.28 bits per heavy atom. The molecule has 0 spiro atoms. The Morgan fingerprint density at radius 1 is 1.50 bits per heavy atom. The highest BCUT2D eigenvalue weighted by Gasteiger charge is 2.09. The summed E-state index contributed by atoms with van der Waals surface area (Å²) >= 11 is 6.80. The van der Waals surface area contributed by atoms with E-state index in [-0.39, 0.29) is 17.3 Å². The Balaban J connectivity index is 2.06. The van der Waals surface area contributed by atoms with E-state index in [2.05, 4.69) is 10.3 Å². The summed E-state index contributed by atoms with van der Waals surface area (Å²) in [7, 11) is 0. The number of carbonyl (C=O) groups excluding carboxylic acids is 1. The van der Waals surface area contributed by atoms with E-state index in [0.29, 0.717) is 22.0 Å². The zero-order valence-corrected chi connectivity index (χ0v) is 10.8. The van der Waals surface area contributed by atoms with Crippen molar-refractivity contribution in [2.45, 2.75) is 6.54 Å². The molecule has 1 amide bonds. The summed E-state index contributed by atoms with van der Waals surface area (Å²) in [6, 6.07) is 4.67. The molecule has 2 aromatic rings. The number of carbonyl (C=O) groups is 1. The number of nitrogens with one attached hydrogen (secondary N) is 2. The van der Waals surface area contributed by atoms with Crippen molar-refractivity contribution < 1.29 is 4.79 Å². The van der Waals surface area contributed by atoms with E-state index in [4.69, 9.17) is 17.3 Å². The molecule has 0 aliphatic rings. The van der Waals surface area contributed by atoms with Gasteiger partial charge in [-0.1, -0.05) is 22.9 Å². The monoisotopic (exact) mass is 283 g/mol. The van der Waals surface area contributed by atoms with Gasteiger partial charge in [-0.15, -0.1) is 0 Å². The molecule has 2 rings (SSSR count). The van der Waals surface area contributed by atoms with Crippen molar-refractivity contribution >= 4 is 34.5 Å². The third-order valence-corrected chi connectivity index (χ3v) is 3.22. The van der Waals surface area contributed by atoms with Crippen LogP contribution in [0.5, 0.6) is 0 Å². The summed E-state index contributed by atoms with van der Waals surface area (Å²) in [6.45, 7) is 0.250. The lowest BCUT2D eigenvalue weighted by atomic mass is 10.1. The topological polar surface area (TPSA) is 88.0 Å². The van der Waals surface area contributed by atoms with Gasteiger partial charge in [0.05, 0.1) is 12.1 Å². The summed E-state index contributed by atoms with van der Waals surface area (Å²) in [5, 5.41) is 4.80. The molecular formula is C11H10ClN3O2S. The van der Waals surface area contributed by atoms with E-state index in [0.717, 1.165) is 11.3 Å². The Hall–Kier alpha value is -1.79. The molecule has 0 saturated heterocycles. The van der Waals surface area contributed by atoms with E-state index < -0.39 is 0 Å². The average molecular weight is 284 g/mol.